The third-order valence-electron chi connectivity index (χ3n) is 3.84. The fourth-order valence-electron chi connectivity index (χ4n) is 2.43. The van der Waals surface area contributed by atoms with Crippen molar-refractivity contribution in [1.82, 2.24) is 5.32 Å². The van der Waals surface area contributed by atoms with E-state index >= 15 is 0 Å². The second-order valence-electron chi connectivity index (χ2n) is 6.84. The summed E-state index contributed by atoms with van der Waals surface area (Å²) in [5.41, 5.74) is 1.78. The van der Waals surface area contributed by atoms with Gasteiger partial charge >= 0.3 is 0 Å². The van der Waals surface area contributed by atoms with Crippen LogP contribution in [0.2, 0.25) is 0 Å². The van der Waals surface area contributed by atoms with Crippen molar-refractivity contribution in [3.05, 3.63) is 29.8 Å². The van der Waals surface area contributed by atoms with Gasteiger partial charge in [-0.2, -0.15) is 0 Å². The van der Waals surface area contributed by atoms with Crippen LogP contribution in [-0.4, -0.2) is 28.0 Å². The molecule has 0 saturated carbocycles. The Morgan fingerprint density at radius 1 is 1.41 bits per heavy atom. The van der Waals surface area contributed by atoms with Crippen LogP contribution >= 0.6 is 0 Å². The first-order valence-corrected chi connectivity index (χ1v) is 9.17. The summed E-state index contributed by atoms with van der Waals surface area (Å²) >= 11 is 0. The Morgan fingerprint density at radius 3 is 2.82 bits per heavy atom. The van der Waals surface area contributed by atoms with Gasteiger partial charge in [-0.1, -0.05) is 12.1 Å². The fraction of sp³-hybridized carbons (Fsp3) is 0.588. The number of carbonyl (C=O) groups excluding carboxylic acids is 1. The third kappa shape index (κ3) is 4.92. The zero-order valence-corrected chi connectivity index (χ0v) is 14.5. The van der Waals surface area contributed by atoms with Crippen molar-refractivity contribution >= 4 is 22.4 Å². The number of anilines is 1. The highest BCUT2D eigenvalue weighted by Crippen LogP contribution is 2.20. The summed E-state index contributed by atoms with van der Waals surface area (Å²) in [6, 6.07) is 7.68. The van der Waals surface area contributed by atoms with Gasteiger partial charge in [-0.25, -0.2) is 0 Å². The number of rotatable bonds is 4. The Balaban J connectivity index is 1.99. The Bertz CT molecular complexity index is 546. The van der Waals surface area contributed by atoms with Crippen molar-refractivity contribution in [1.29, 1.82) is 0 Å². The Morgan fingerprint density at radius 2 is 2.18 bits per heavy atom. The van der Waals surface area contributed by atoms with Crippen LogP contribution in [0.1, 0.15) is 39.2 Å². The number of carbonyl (C=O) groups is 1. The van der Waals surface area contributed by atoms with E-state index in [1.807, 2.05) is 45.0 Å². The molecule has 1 amide bonds. The summed E-state index contributed by atoms with van der Waals surface area (Å²) in [4.78, 5) is 12.2. The Labute approximate surface area is 135 Å². The van der Waals surface area contributed by atoms with Gasteiger partial charge in [0.25, 0.3) is 0 Å². The zero-order valence-electron chi connectivity index (χ0n) is 13.6. The van der Waals surface area contributed by atoms with E-state index in [1.165, 1.54) is 0 Å². The molecule has 1 saturated heterocycles. The van der Waals surface area contributed by atoms with Gasteiger partial charge in [-0.15, -0.1) is 0 Å². The predicted octanol–water partition coefficient (Wildman–Crippen LogP) is 2.67. The quantitative estimate of drug-likeness (QED) is 0.896. The Kier molecular flexibility index (Phi) is 5.75. The van der Waals surface area contributed by atoms with Gasteiger partial charge < -0.3 is 10.6 Å². The summed E-state index contributed by atoms with van der Waals surface area (Å²) in [5, 5.41) is 6.24. The standard InChI is InChI=1S/C17H26N2O2S/c1-17(2,3)22(21)12-13-6-4-8-15(10-13)19-16(20)14-7-5-9-18-11-14/h4,6,8,10,14,18H,5,7,9,11-12H2,1-3H3,(H,19,20). The molecule has 1 fully saturated rings. The lowest BCUT2D eigenvalue weighted by atomic mass is 9.99. The molecule has 1 heterocycles. The summed E-state index contributed by atoms with van der Waals surface area (Å²) in [6.07, 6.45) is 1.98. The van der Waals surface area contributed by atoms with Gasteiger partial charge in [-0.05, 0) is 57.9 Å². The van der Waals surface area contributed by atoms with Crippen molar-refractivity contribution in [3.8, 4) is 0 Å². The van der Waals surface area contributed by atoms with Crippen molar-refractivity contribution in [3.63, 3.8) is 0 Å². The summed E-state index contributed by atoms with van der Waals surface area (Å²) in [6.45, 7) is 7.68. The monoisotopic (exact) mass is 322 g/mol. The molecule has 2 N–H and O–H groups in total. The molecule has 0 spiro atoms. The number of benzene rings is 1. The maximum atomic E-state index is 12.2. The van der Waals surface area contributed by atoms with Crippen LogP contribution in [0.4, 0.5) is 5.69 Å². The maximum Gasteiger partial charge on any atom is 0.228 e. The second kappa shape index (κ2) is 7.38. The molecule has 0 aliphatic carbocycles. The smallest absolute Gasteiger partial charge is 0.228 e. The number of hydrogen-bond donors (Lipinski definition) is 2. The predicted molar refractivity (Wildman–Crippen MR) is 92.3 cm³/mol. The van der Waals surface area contributed by atoms with Gasteiger partial charge in [0.2, 0.25) is 5.91 Å². The van der Waals surface area contributed by atoms with E-state index in [4.69, 9.17) is 0 Å². The van der Waals surface area contributed by atoms with Crippen molar-refractivity contribution in [2.45, 2.75) is 44.1 Å². The van der Waals surface area contributed by atoms with Crippen LogP contribution in [0, 0.1) is 5.92 Å². The highest BCUT2D eigenvalue weighted by atomic mass is 32.2. The molecule has 1 aliphatic heterocycles. The van der Waals surface area contributed by atoms with E-state index in [2.05, 4.69) is 10.6 Å². The molecule has 1 aromatic carbocycles. The third-order valence-corrected chi connectivity index (χ3v) is 5.80. The summed E-state index contributed by atoms with van der Waals surface area (Å²) in [5.74, 6) is 0.625. The average molecular weight is 322 g/mol. The minimum absolute atomic E-state index is 0.0427. The second-order valence-corrected chi connectivity index (χ2v) is 9.04. The summed E-state index contributed by atoms with van der Waals surface area (Å²) < 4.78 is 12.0. The first kappa shape index (κ1) is 17.2. The number of piperidine rings is 1. The fourth-order valence-corrected chi connectivity index (χ4v) is 3.34. The van der Waals surface area contributed by atoms with E-state index in [9.17, 15) is 9.00 Å². The number of amides is 1. The lowest BCUT2D eigenvalue weighted by Crippen LogP contribution is -2.37. The van der Waals surface area contributed by atoms with Crippen LogP contribution in [0.25, 0.3) is 0 Å². The highest BCUT2D eigenvalue weighted by molar-refractivity contribution is 7.85. The molecule has 2 rings (SSSR count). The summed E-state index contributed by atoms with van der Waals surface area (Å²) in [7, 11) is -0.936. The molecule has 122 valence electrons. The molecule has 0 bridgehead atoms. The van der Waals surface area contributed by atoms with E-state index in [0.29, 0.717) is 5.75 Å². The lowest BCUT2D eigenvalue weighted by Gasteiger charge is -2.22. The topological polar surface area (TPSA) is 58.2 Å². The molecule has 2 atom stereocenters. The van der Waals surface area contributed by atoms with Gasteiger partial charge in [0, 0.05) is 33.5 Å². The minimum atomic E-state index is -0.936. The van der Waals surface area contributed by atoms with Crippen molar-refractivity contribution in [2.75, 3.05) is 18.4 Å². The average Bonchev–Trinajstić information content (AvgIpc) is 2.47. The largest absolute Gasteiger partial charge is 0.326 e. The number of hydrogen-bond acceptors (Lipinski definition) is 3. The van der Waals surface area contributed by atoms with E-state index in [-0.39, 0.29) is 16.6 Å². The van der Waals surface area contributed by atoms with Crippen molar-refractivity contribution in [2.24, 2.45) is 5.92 Å². The molecular formula is C17H26N2O2S. The molecule has 1 aliphatic rings. The molecule has 2 unspecified atom stereocenters. The molecule has 5 heteroatoms. The first-order chi connectivity index (χ1) is 10.4. The van der Waals surface area contributed by atoms with Crippen LogP contribution in [0.15, 0.2) is 24.3 Å². The first-order valence-electron chi connectivity index (χ1n) is 7.85. The minimum Gasteiger partial charge on any atom is -0.326 e. The molecule has 1 aromatic rings. The molecule has 4 nitrogen and oxygen atoms in total. The van der Waals surface area contributed by atoms with E-state index < -0.39 is 10.8 Å². The van der Waals surface area contributed by atoms with Crippen LogP contribution in [0.5, 0.6) is 0 Å². The van der Waals surface area contributed by atoms with E-state index in [0.717, 1.165) is 37.2 Å². The zero-order chi connectivity index (χ0) is 16.2. The normalized spacial score (nSPS) is 20.4. The maximum absolute atomic E-state index is 12.2. The van der Waals surface area contributed by atoms with Crippen LogP contribution < -0.4 is 10.6 Å². The molecular weight excluding hydrogens is 296 g/mol. The van der Waals surface area contributed by atoms with Gasteiger partial charge in [0.1, 0.15) is 0 Å². The Hall–Kier alpha value is -1.20. The van der Waals surface area contributed by atoms with Gasteiger partial charge in [0.15, 0.2) is 0 Å². The highest BCUT2D eigenvalue weighted by Gasteiger charge is 2.22. The van der Waals surface area contributed by atoms with Gasteiger partial charge in [0.05, 0.1) is 5.92 Å². The lowest BCUT2D eigenvalue weighted by molar-refractivity contribution is -0.120. The molecule has 0 aromatic heterocycles. The number of nitrogens with one attached hydrogen (secondary N) is 2. The van der Waals surface area contributed by atoms with E-state index in [1.54, 1.807) is 0 Å². The van der Waals surface area contributed by atoms with Crippen LogP contribution in [0.3, 0.4) is 0 Å². The molecule has 22 heavy (non-hydrogen) atoms. The SMILES string of the molecule is CC(C)(C)S(=O)Cc1cccc(NC(=O)C2CCCNC2)c1. The molecule has 0 radical (unpaired) electrons. The van der Waals surface area contributed by atoms with Gasteiger partial charge in [-0.3, -0.25) is 9.00 Å². The van der Waals surface area contributed by atoms with Crippen LogP contribution in [-0.2, 0) is 21.3 Å². The van der Waals surface area contributed by atoms with Crippen molar-refractivity contribution < 1.29 is 9.00 Å².